The Balaban J connectivity index is 2.28. The maximum Gasteiger partial charge on any atom is 0.333 e. The number of hydroxylamine groups is 2. The van der Waals surface area contributed by atoms with Crippen LogP contribution in [-0.2, 0) is 19.2 Å². The van der Waals surface area contributed by atoms with Gasteiger partial charge in [-0.25, -0.2) is 4.79 Å². The monoisotopic (exact) mass is 260 g/mol. The molecule has 1 rings (SSSR count). The lowest BCUT2D eigenvalue weighted by Gasteiger charge is -2.12. The van der Waals surface area contributed by atoms with Crippen molar-refractivity contribution in [2.45, 2.75) is 44.8 Å². The molecule has 6 heteroatoms. The van der Waals surface area contributed by atoms with E-state index in [0.717, 1.165) is 5.75 Å². The fraction of sp³-hybridized carbons (Fsp3) is 0.727. The van der Waals surface area contributed by atoms with Crippen molar-refractivity contribution < 1.29 is 20.6 Å². The minimum absolute atomic E-state index is 0.166. The highest BCUT2D eigenvalue weighted by molar-refractivity contribution is 7.99. The number of rotatable bonds is 6. The molecule has 17 heavy (non-hydrogen) atoms. The van der Waals surface area contributed by atoms with Crippen LogP contribution in [-0.4, -0.2) is 33.8 Å². The number of thioether (sulfide) groups is 1. The van der Waals surface area contributed by atoms with Crippen molar-refractivity contribution in [1.29, 1.82) is 0 Å². The topological polar surface area (TPSA) is 63.7 Å². The molecular weight excluding hydrogens is 242 g/mol. The van der Waals surface area contributed by atoms with Crippen LogP contribution < -0.4 is 0 Å². The number of hydrogen-bond donors (Lipinski definition) is 0. The van der Waals surface area contributed by atoms with Gasteiger partial charge in [-0.15, -0.1) is 5.06 Å². The van der Waals surface area contributed by atoms with E-state index in [9.17, 15) is 14.4 Å². The third-order valence-electron chi connectivity index (χ3n) is 2.05. The van der Waals surface area contributed by atoms with E-state index >= 15 is 0 Å². The van der Waals surface area contributed by atoms with Gasteiger partial charge in [-0.1, -0.05) is 13.8 Å². The zero-order valence-electron chi connectivity index (χ0n) is 11.0. The largest absolute Gasteiger partial charge is 0.333 e. The standard InChI is InChI=1S/C11H17NO4S/c1-8(2)17-7-3-4-11(15)16-12-9(13)5-6-10(12)14/h8H,3-7H2,1-2H3/i5D. The van der Waals surface area contributed by atoms with Gasteiger partial charge in [-0.2, -0.15) is 11.8 Å². The third kappa shape index (κ3) is 4.77. The second-order valence-corrected chi connectivity index (χ2v) is 5.61. The Morgan fingerprint density at radius 1 is 1.53 bits per heavy atom. The van der Waals surface area contributed by atoms with E-state index in [-0.39, 0.29) is 12.8 Å². The minimum Gasteiger partial charge on any atom is -0.330 e. The lowest BCUT2D eigenvalue weighted by molar-refractivity contribution is -0.197. The second-order valence-electron chi connectivity index (χ2n) is 3.92. The molecule has 0 aromatic carbocycles. The van der Waals surface area contributed by atoms with Crippen molar-refractivity contribution in [2.24, 2.45) is 0 Å². The summed E-state index contributed by atoms with van der Waals surface area (Å²) in [6, 6.07) is 0. The summed E-state index contributed by atoms with van der Waals surface area (Å²) in [5, 5.41) is 0.933. The highest BCUT2D eigenvalue weighted by Crippen LogP contribution is 2.14. The SMILES string of the molecule is [2H]C1CC(=O)N(OC(=O)CCCSC(C)C)C1=O. The summed E-state index contributed by atoms with van der Waals surface area (Å²) in [7, 11) is 0. The molecule has 1 aliphatic heterocycles. The molecule has 96 valence electrons. The van der Waals surface area contributed by atoms with E-state index in [4.69, 9.17) is 1.37 Å². The maximum absolute atomic E-state index is 11.4. The van der Waals surface area contributed by atoms with E-state index in [1.54, 1.807) is 11.8 Å². The van der Waals surface area contributed by atoms with Crippen LogP contribution in [0.15, 0.2) is 0 Å². The molecule has 0 aromatic heterocycles. The summed E-state index contributed by atoms with van der Waals surface area (Å²) in [4.78, 5) is 38.6. The van der Waals surface area contributed by atoms with E-state index in [0.29, 0.717) is 16.7 Å². The average molecular weight is 260 g/mol. The van der Waals surface area contributed by atoms with Crippen LogP contribution in [0.4, 0.5) is 0 Å². The molecule has 0 saturated carbocycles. The van der Waals surface area contributed by atoms with Gasteiger partial charge in [0.1, 0.15) is 0 Å². The lowest BCUT2D eigenvalue weighted by atomic mass is 10.3. The van der Waals surface area contributed by atoms with Crippen molar-refractivity contribution in [2.75, 3.05) is 5.75 Å². The van der Waals surface area contributed by atoms with Crippen LogP contribution in [0.5, 0.6) is 0 Å². The number of imide groups is 1. The Bertz CT molecular complexity index is 348. The molecule has 1 fully saturated rings. The number of hydrogen-bond acceptors (Lipinski definition) is 5. The molecule has 5 nitrogen and oxygen atoms in total. The van der Waals surface area contributed by atoms with E-state index < -0.39 is 24.2 Å². The lowest BCUT2D eigenvalue weighted by Crippen LogP contribution is -2.32. The number of carbonyl (C=O) groups excluding carboxylic acids is 3. The van der Waals surface area contributed by atoms with Gasteiger partial charge in [0.15, 0.2) is 0 Å². The summed E-state index contributed by atoms with van der Waals surface area (Å²) in [6.07, 6.45) is -0.543. The number of carbonyl (C=O) groups is 3. The summed E-state index contributed by atoms with van der Waals surface area (Å²) in [5.41, 5.74) is 0. The van der Waals surface area contributed by atoms with Gasteiger partial charge in [0, 0.05) is 20.6 Å². The van der Waals surface area contributed by atoms with Gasteiger partial charge >= 0.3 is 5.97 Å². The van der Waals surface area contributed by atoms with Gasteiger partial charge in [-0.05, 0) is 17.4 Å². The molecule has 2 amide bonds. The van der Waals surface area contributed by atoms with Gasteiger partial charge in [0.2, 0.25) is 0 Å². The highest BCUT2D eigenvalue weighted by Gasteiger charge is 2.32. The van der Waals surface area contributed by atoms with Crippen LogP contribution in [0, 0.1) is 0 Å². The smallest absolute Gasteiger partial charge is 0.330 e. The van der Waals surface area contributed by atoms with Gasteiger partial charge < -0.3 is 4.84 Å². The van der Waals surface area contributed by atoms with Crippen LogP contribution >= 0.6 is 11.8 Å². The summed E-state index contributed by atoms with van der Waals surface area (Å²) >= 11 is 1.73. The molecule has 1 atom stereocenters. The quantitative estimate of drug-likeness (QED) is 0.535. The first-order chi connectivity index (χ1) is 8.41. The average Bonchev–Trinajstić information content (AvgIpc) is 2.51. The maximum atomic E-state index is 11.4. The van der Waals surface area contributed by atoms with Gasteiger partial charge in [0.05, 0.1) is 0 Å². The Labute approximate surface area is 106 Å². The third-order valence-corrected chi connectivity index (χ3v) is 3.24. The zero-order valence-corrected chi connectivity index (χ0v) is 10.8. The molecule has 0 radical (unpaired) electrons. The van der Waals surface area contributed by atoms with Gasteiger partial charge in [-0.3, -0.25) is 9.59 Å². The normalized spacial score (nSPS) is 21.0. The van der Waals surface area contributed by atoms with Crippen molar-refractivity contribution in [3.8, 4) is 0 Å². The fourth-order valence-corrected chi connectivity index (χ4v) is 2.02. The predicted molar refractivity (Wildman–Crippen MR) is 64.0 cm³/mol. The zero-order chi connectivity index (χ0) is 13.7. The Morgan fingerprint density at radius 3 is 2.76 bits per heavy atom. The minimum atomic E-state index is -1.14. The van der Waals surface area contributed by atoms with Crippen LogP contribution in [0.1, 0.15) is 40.9 Å². The van der Waals surface area contributed by atoms with E-state index in [1.807, 2.05) is 0 Å². The molecule has 0 N–H and O–H groups in total. The fourth-order valence-electron chi connectivity index (χ4n) is 1.24. The van der Waals surface area contributed by atoms with Crippen LogP contribution in [0.3, 0.4) is 0 Å². The van der Waals surface area contributed by atoms with Crippen molar-refractivity contribution in [3.05, 3.63) is 0 Å². The first-order valence-corrected chi connectivity index (χ1v) is 6.58. The van der Waals surface area contributed by atoms with Crippen molar-refractivity contribution in [1.82, 2.24) is 5.06 Å². The van der Waals surface area contributed by atoms with Crippen molar-refractivity contribution in [3.63, 3.8) is 0 Å². The van der Waals surface area contributed by atoms with E-state index in [1.165, 1.54) is 0 Å². The van der Waals surface area contributed by atoms with Crippen molar-refractivity contribution >= 4 is 29.5 Å². The Morgan fingerprint density at radius 2 is 2.24 bits per heavy atom. The first kappa shape index (κ1) is 12.4. The number of amides is 2. The molecule has 0 aliphatic carbocycles. The van der Waals surface area contributed by atoms with Crippen LogP contribution in [0.2, 0.25) is 0 Å². The molecule has 1 saturated heterocycles. The summed E-state index contributed by atoms with van der Waals surface area (Å²) in [6.45, 7) is 4.14. The molecule has 0 aromatic rings. The first-order valence-electron chi connectivity index (χ1n) is 6.11. The Hall–Kier alpha value is -1.04. The Kier molecular flexibility index (Phi) is 4.85. The molecule has 0 spiro atoms. The van der Waals surface area contributed by atoms with E-state index in [2.05, 4.69) is 18.7 Å². The highest BCUT2D eigenvalue weighted by atomic mass is 32.2. The second kappa shape index (κ2) is 6.64. The molecule has 1 aliphatic rings. The number of nitrogens with zero attached hydrogens (tertiary/aromatic N) is 1. The summed E-state index contributed by atoms with van der Waals surface area (Å²) < 4.78 is 7.25. The predicted octanol–water partition coefficient (Wildman–Crippen LogP) is 1.52. The molecule has 0 bridgehead atoms. The molecular formula is C11H17NO4S. The van der Waals surface area contributed by atoms with Crippen LogP contribution in [0.25, 0.3) is 0 Å². The molecule has 1 heterocycles. The summed E-state index contributed by atoms with van der Waals surface area (Å²) in [5.74, 6) is -1.15. The van der Waals surface area contributed by atoms with Gasteiger partial charge in [0.25, 0.3) is 11.8 Å². The molecule has 1 unspecified atom stereocenters.